The molecule has 1 unspecified atom stereocenters. The minimum Gasteiger partial charge on any atom is -0.345 e. The number of hydrogen-bond donors (Lipinski definition) is 2. The van der Waals surface area contributed by atoms with E-state index in [4.69, 9.17) is 4.99 Å². The van der Waals surface area contributed by atoms with Crippen LogP contribution in [0.25, 0.3) is 12.2 Å². The molecule has 0 spiro atoms. The number of aliphatic imine (C=N–C) groups is 1. The zero-order chi connectivity index (χ0) is 29.8. The molecule has 2 N–H and O–H groups in total. The third kappa shape index (κ3) is 6.28. The molecule has 0 saturated carbocycles. The van der Waals surface area contributed by atoms with Crippen LogP contribution in [-0.4, -0.2) is 50.4 Å². The van der Waals surface area contributed by atoms with Gasteiger partial charge in [-0.1, -0.05) is 42.5 Å². The number of aromatic amines is 1. The standard InChI is InChI=1S/C33H30N6O4/c40-30-4-2-18-38(30)17-1-3-22-5-10-24(11-6-22)32(31-28-19-27(39(42)43)15-16-29(28)37-33(31)41)36-25-12-7-23(8-13-25)9-14-26-20-34-21-35-26/h5-16,19-21,31H,1-4,17-18H2,(H,34,35)(H,37,41). The number of nitro groups is 1. The maximum absolute atomic E-state index is 13.3. The predicted molar refractivity (Wildman–Crippen MR) is 165 cm³/mol. The van der Waals surface area contributed by atoms with Crippen LogP contribution in [0.5, 0.6) is 0 Å². The first-order valence-electron chi connectivity index (χ1n) is 14.3. The molecule has 6 rings (SSSR count). The molecular formula is C33H30N6O4. The zero-order valence-corrected chi connectivity index (χ0v) is 23.4. The van der Waals surface area contributed by atoms with Crippen LogP contribution in [0.1, 0.15) is 53.1 Å². The molecule has 2 aliphatic rings. The Morgan fingerprint density at radius 3 is 2.58 bits per heavy atom. The lowest BCUT2D eigenvalue weighted by molar-refractivity contribution is -0.384. The Kier molecular flexibility index (Phi) is 7.90. The Morgan fingerprint density at radius 1 is 1.07 bits per heavy atom. The van der Waals surface area contributed by atoms with Crippen LogP contribution in [0, 0.1) is 10.1 Å². The van der Waals surface area contributed by atoms with Gasteiger partial charge in [0.2, 0.25) is 11.8 Å². The van der Waals surface area contributed by atoms with Crippen LogP contribution in [0.4, 0.5) is 17.1 Å². The van der Waals surface area contributed by atoms with Crippen LogP contribution in [-0.2, 0) is 16.0 Å². The number of hydrogen-bond acceptors (Lipinski definition) is 6. The number of nitro benzene ring substituents is 1. The highest BCUT2D eigenvalue weighted by atomic mass is 16.6. The fourth-order valence-corrected chi connectivity index (χ4v) is 5.53. The quantitative estimate of drug-likeness (QED) is 0.138. The molecule has 1 fully saturated rings. The van der Waals surface area contributed by atoms with Crippen LogP contribution in [0.15, 0.2) is 84.2 Å². The Hall–Kier alpha value is -5.38. The number of H-pyrrole nitrogens is 1. The summed E-state index contributed by atoms with van der Waals surface area (Å²) in [6.45, 7) is 1.58. The second-order valence-corrected chi connectivity index (χ2v) is 10.7. The molecule has 1 atom stereocenters. The summed E-state index contributed by atoms with van der Waals surface area (Å²) in [5.41, 5.74) is 5.87. The summed E-state index contributed by atoms with van der Waals surface area (Å²) in [4.78, 5) is 50.2. The number of fused-ring (bicyclic) bond motifs is 1. The lowest BCUT2D eigenvalue weighted by Crippen LogP contribution is -2.25. The van der Waals surface area contributed by atoms with Crippen LogP contribution >= 0.6 is 0 Å². The number of nitrogens with one attached hydrogen (secondary N) is 2. The molecule has 10 heteroatoms. The number of likely N-dealkylation sites (tertiary alicyclic amines) is 1. The number of carbonyl (C=O) groups is 2. The number of carbonyl (C=O) groups excluding carboxylic acids is 2. The molecule has 10 nitrogen and oxygen atoms in total. The van der Waals surface area contributed by atoms with Crippen LogP contribution in [0.2, 0.25) is 0 Å². The lowest BCUT2D eigenvalue weighted by atomic mass is 9.89. The topological polar surface area (TPSA) is 134 Å². The third-order valence-corrected chi connectivity index (χ3v) is 7.78. The van der Waals surface area contributed by atoms with Crippen molar-refractivity contribution < 1.29 is 14.5 Å². The maximum Gasteiger partial charge on any atom is 0.269 e. The summed E-state index contributed by atoms with van der Waals surface area (Å²) in [5.74, 6) is -0.872. The number of benzene rings is 3. The second kappa shape index (κ2) is 12.2. The largest absolute Gasteiger partial charge is 0.345 e. The molecule has 1 saturated heterocycles. The number of aryl methyl sites for hydroxylation is 1. The number of anilines is 1. The average molecular weight is 575 g/mol. The van der Waals surface area contributed by atoms with E-state index in [-0.39, 0.29) is 17.5 Å². The summed E-state index contributed by atoms with van der Waals surface area (Å²) in [5, 5.41) is 14.4. The Labute approximate surface area is 248 Å². The molecule has 1 aromatic heterocycles. The van der Waals surface area contributed by atoms with E-state index < -0.39 is 10.8 Å². The van der Waals surface area contributed by atoms with Crippen molar-refractivity contribution in [1.82, 2.24) is 14.9 Å². The van der Waals surface area contributed by atoms with E-state index in [0.29, 0.717) is 29.1 Å². The van der Waals surface area contributed by atoms with Crippen LogP contribution < -0.4 is 5.32 Å². The minimum absolute atomic E-state index is 0.0835. The van der Waals surface area contributed by atoms with E-state index in [9.17, 15) is 19.7 Å². The van der Waals surface area contributed by atoms with Crippen molar-refractivity contribution in [3.63, 3.8) is 0 Å². The van der Waals surface area contributed by atoms with E-state index in [2.05, 4.69) is 15.3 Å². The summed E-state index contributed by atoms with van der Waals surface area (Å²) >= 11 is 0. The molecule has 0 aliphatic carbocycles. The number of nitrogens with zero attached hydrogens (tertiary/aromatic N) is 4. The molecular weight excluding hydrogens is 544 g/mol. The first-order valence-corrected chi connectivity index (χ1v) is 14.3. The van der Waals surface area contributed by atoms with Gasteiger partial charge in [-0.15, -0.1) is 0 Å². The Bertz CT molecular complexity index is 1710. The van der Waals surface area contributed by atoms with Gasteiger partial charge in [-0.3, -0.25) is 24.7 Å². The highest BCUT2D eigenvalue weighted by Gasteiger charge is 2.36. The SMILES string of the molecule is O=C1Nc2ccc([N+](=O)[O-])cc2C1C(=Nc1ccc(C=Cc2cnc[nH]2)cc1)c1ccc(CCCN2CCCC2=O)cc1. The van der Waals surface area contributed by atoms with E-state index in [1.807, 2.05) is 65.6 Å². The number of non-ortho nitro benzene ring substituents is 1. The van der Waals surface area contributed by atoms with Gasteiger partial charge in [0.1, 0.15) is 5.92 Å². The van der Waals surface area contributed by atoms with Crippen molar-refractivity contribution in [3.05, 3.63) is 117 Å². The highest BCUT2D eigenvalue weighted by molar-refractivity contribution is 6.24. The molecule has 0 radical (unpaired) electrons. The molecule has 2 amide bonds. The van der Waals surface area contributed by atoms with Crippen molar-refractivity contribution in [2.45, 2.75) is 31.6 Å². The fourth-order valence-electron chi connectivity index (χ4n) is 5.53. The third-order valence-electron chi connectivity index (χ3n) is 7.78. The van der Waals surface area contributed by atoms with Crippen molar-refractivity contribution in [3.8, 4) is 0 Å². The average Bonchev–Trinajstić information content (AvgIpc) is 3.76. The molecule has 0 bridgehead atoms. The minimum atomic E-state index is -0.818. The maximum atomic E-state index is 13.3. The lowest BCUT2D eigenvalue weighted by Gasteiger charge is -2.16. The van der Waals surface area contributed by atoms with Gasteiger partial charge in [0.25, 0.3) is 5.69 Å². The van der Waals surface area contributed by atoms with E-state index >= 15 is 0 Å². The summed E-state index contributed by atoms with van der Waals surface area (Å²) in [6.07, 6.45) is 10.5. The second-order valence-electron chi connectivity index (χ2n) is 10.7. The van der Waals surface area contributed by atoms with Gasteiger partial charge in [0.05, 0.1) is 34.5 Å². The summed E-state index contributed by atoms with van der Waals surface area (Å²) < 4.78 is 0. The van der Waals surface area contributed by atoms with Gasteiger partial charge in [-0.2, -0.15) is 0 Å². The van der Waals surface area contributed by atoms with Crippen molar-refractivity contribution in [2.24, 2.45) is 4.99 Å². The van der Waals surface area contributed by atoms with E-state index in [0.717, 1.165) is 54.7 Å². The van der Waals surface area contributed by atoms with Gasteiger partial charge in [-0.05, 0) is 60.2 Å². The monoisotopic (exact) mass is 574 g/mol. The van der Waals surface area contributed by atoms with Gasteiger partial charge in [0, 0.05) is 42.9 Å². The first kappa shape index (κ1) is 27.8. The van der Waals surface area contributed by atoms with Crippen molar-refractivity contribution in [2.75, 3.05) is 18.4 Å². The Morgan fingerprint density at radius 2 is 1.88 bits per heavy atom. The zero-order valence-electron chi connectivity index (χ0n) is 23.4. The highest BCUT2D eigenvalue weighted by Crippen LogP contribution is 2.38. The van der Waals surface area contributed by atoms with E-state index in [1.54, 1.807) is 18.6 Å². The summed E-state index contributed by atoms with van der Waals surface area (Å²) in [7, 11) is 0. The van der Waals surface area contributed by atoms with Crippen LogP contribution in [0.3, 0.4) is 0 Å². The molecule has 216 valence electrons. The molecule has 3 aromatic carbocycles. The number of rotatable bonds is 10. The van der Waals surface area contributed by atoms with Gasteiger partial charge in [-0.25, -0.2) is 4.98 Å². The fraction of sp³-hybridized carbons (Fsp3) is 0.212. The number of aromatic nitrogens is 2. The Balaban J connectivity index is 1.29. The molecule has 3 heterocycles. The van der Waals surface area contributed by atoms with Gasteiger partial charge < -0.3 is 15.2 Å². The van der Waals surface area contributed by atoms with E-state index in [1.165, 1.54) is 12.1 Å². The summed E-state index contributed by atoms with van der Waals surface area (Å²) in [6, 6.07) is 19.9. The van der Waals surface area contributed by atoms with Crippen molar-refractivity contribution >= 4 is 46.7 Å². The smallest absolute Gasteiger partial charge is 0.269 e. The van der Waals surface area contributed by atoms with Gasteiger partial charge >= 0.3 is 0 Å². The number of imidazole rings is 1. The van der Waals surface area contributed by atoms with Crippen molar-refractivity contribution in [1.29, 1.82) is 0 Å². The number of amides is 2. The normalized spacial score (nSPS) is 16.6. The molecule has 43 heavy (non-hydrogen) atoms. The van der Waals surface area contributed by atoms with Gasteiger partial charge in [0.15, 0.2) is 0 Å². The molecule has 4 aromatic rings. The molecule has 2 aliphatic heterocycles. The predicted octanol–water partition coefficient (Wildman–Crippen LogP) is 5.90. The first-order chi connectivity index (χ1) is 20.9.